The molecule has 0 radical (unpaired) electrons. The molecule has 2 aliphatic heterocycles. The van der Waals surface area contributed by atoms with E-state index in [1.807, 2.05) is 35.7 Å². The number of carbonyl (C=O) groups is 2. The number of benzene rings is 2. The zero-order chi connectivity index (χ0) is 27.4. The number of anilines is 1. The van der Waals surface area contributed by atoms with Crippen molar-refractivity contribution in [3.05, 3.63) is 70.1 Å². The van der Waals surface area contributed by atoms with Crippen LogP contribution >= 0.6 is 11.3 Å². The van der Waals surface area contributed by atoms with E-state index in [0.717, 1.165) is 67.1 Å². The minimum Gasteiger partial charge on any atom is -0.507 e. The van der Waals surface area contributed by atoms with Gasteiger partial charge in [-0.2, -0.15) is 0 Å². The van der Waals surface area contributed by atoms with Crippen LogP contribution in [0.15, 0.2) is 47.8 Å². The van der Waals surface area contributed by atoms with E-state index in [2.05, 4.69) is 15.5 Å². The van der Waals surface area contributed by atoms with Crippen LogP contribution < -0.4 is 15.4 Å². The van der Waals surface area contributed by atoms with E-state index in [1.54, 1.807) is 11.8 Å². The number of piperazine rings is 1. The van der Waals surface area contributed by atoms with Gasteiger partial charge in [-0.1, -0.05) is 6.07 Å². The van der Waals surface area contributed by atoms with Crippen molar-refractivity contribution in [2.75, 3.05) is 44.6 Å². The standard InChI is InChI=1S/C29H34N4O5S/c1-19(31-27-4-2-13-39-27)28(36)23-15-24(26(35)16-25(23)34)29(37)33-17-20-5-6-22(14-21(20)18-33)38-12-3-9-32-10-7-30-8-11-32/h2,4-6,13-16,19,30-31,34-35H,3,7-12,17-18H2,1H3. The quantitative estimate of drug-likeness (QED) is 0.223. The fraction of sp³-hybridized carbons (Fsp3) is 0.379. The lowest BCUT2D eigenvalue weighted by Gasteiger charge is -2.26. The topological polar surface area (TPSA) is 114 Å². The lowest BCUT2D eigenvalue weighted by atomic mass is 10.00. The van der Waals surface area contributed by atoms with Crippen LogP contribution in [0.4, 0.5) is 5.00 Å². The van der Waals surface area contributed by atoms with Crippen LogP contribution in [-0.4, -0.2) is 77.1 Å². The van der Waals surface area contributed by atoms with E-state index in [4.69, 9.17) is 4.74 Å². The highest BCUT2D eigenvalue weighted by atomic mass is 32.1. The van der Waals surface area contributed by atoms with Crippen LogP contribution in [0, 0.1) is 0 Å². The Bertz CT molecular complexity index is 1320. The van der Waals surface area contributed by atoms with E-state index in [0.29, 0.717) is 19.7 Å². The average Bonchev–Trinajstić information content (AvgIpc) is 3.61. The summed E-state index contributed by atoms with van der Waals surface area (Å²) in [6.07, 6.45) is 0.949. The van der Waals surface area contributed by atoms with Gasteiger partial charge in [0, 0.05) is 51.9 Å². The fourth-order valence-corrected chi connectivity index (χ4v) is 5.71. The third-order valence-electron chi connectivity index (χ3n) is 7.17. The maximum Gasteiger partial charge on any atom is 0.258 e. The van der Waals surface area contributed by atoms with Crippen LogP contribution in [0.3, 0.4) is 0 Å². The van der Waals surface area contributed by atoms with Crippen LogP contribution in [0.1, 0.15) is 45.2 Å². The number of nitrogens with zero attached hydrogens (tertiary/aromatic N) is 2. The Morgan fingerprint density at radius 1 is 1.05 bits per heavy atom. The molecule has 39 heavy (non-hydrogen) atoms. The molecule has 1 amide bonds. The average molecular weight is 551 g/mol. The first-order valence-electron chi connectivity index (χ1n) is 13.3. The molecule has 3 heterocycles. The van der Waals surface area contributed by atoms with Gasteiger partial charge in [-0.3, -0.25) is 9.59 Å². The summed E-state index contributed by atoms with van der Waals surface area (Å²) in [5, 5.41) is 30.1. The molecule has 0 bridgehead atoms. The van der Waals surface area contributed by atoms with Crippen molar-refractivity contribution in [2.24, 2.45) is 0 Å². The van der Waals surface area contributed by atoms with Gasteiger partial charge in [0.05, 0.1) is 28.8 Å². The van der Waals surface area contributed by atoms with Crippen molar-refractivity contribution >= 4 is 28.0 Å². The minimum absolute atomic E-state index is 0.0130. The smallest absolute Gasteiger partial charge is 0.258 e. The second kappa shape index (κ2) is 12.1. The number of aromatic hydroxyl groups is 2. The molecule has 0 spiro atoms. The van der Waals surface area contributed by atoms with E-state index in [1.165, 1.54) is 17.4 Å². The molecule has 4 N–H and O–H groups in total. The van der Waals surface area contributed by atoms with Gasteiger partial charge in [-0.25, -0.2) is 0 Å². The van der Waals surface area contributed by atoms with Crippen molar-refractivity contribution in [3.8, 4) is 17.2 Å². The summed E-state index contributed by atoms with van der Waals surface area (Å²) in [6, 6.07) is 11.3. The van der Waals surface area contributed by atoms with Crippen molar-refractivity contribution in [1.82, 2.24) is 15.1 Å². The number of hydrogen-bond acceptors (Lipinski definition) is 9. The molecular formula is C29H34N4O5S. The molecule has 10 heteroatoms. The van der Waals surface area contributed by atoms with Gasteiger partial charge >= 0.3 is 0 Å². The first kappa shape index (κ1) is 27.0. The van der Waals surface area contributed by atoms with Crippen LogP contribution in [-0.2, 0) is 13.1 Å². The first-order valence-corrected chi connectivity index (χ1v) is 14.1. The molecule has 0 aliphatic carbocycles. The van der Waals surface area contributed by atoms with E-state index in [9.17, 15) is 19.8 Å². The number of nitrogens with one attached hydrogen (secondary N) is 2. The van der Waals surface area contributed by atoms with Gasteiger partial charge in [-0.05, 0) is 60.2 Å². The van der Waals surface area contributed by atoms with Gasteiger partial charge in [0.1, 0.15) is 17.2 Å². The number of carbonyl (C=O) groups excluding carboxylic acids is 2. The molecule has 9 nitrogen and oxygen atoms in total. The second-order valence-electron chi connectivity index (χ2n) is 9.98. The van der Waals surface area contributed by atoms with Crippen LogP contribution in [0.5, 0.6) is 17.2 Å². The predicted molar refractivity (Wildman–Crippen MR) is 151 cm³/mol. The molecule has 2 aromatic carbocycles. The summed E-state index contributed by atoms with van der Waals surface area (Å²) in [6.45, 7) is 8.29. The summed E-state index contributed by atoms with van der Waals surface area (Å²) in [7, 11) is 0. The Kier molecular flexibility index (Phi) is 8.35. The normalized spacial score (nSPS) is 16.1. The molecule has 1 aromatic heterocycles. The van der Waals surface area contributed by atoms with E-state index < -0.39 is 11.9 Å². The summed E-state index contributed by atoms with van der Waals surface area (Å²) in [4.78, 5) is 30.5. The zero-order valence-corrected chi connectivity index (χ0v) is 22.8. The second-order valence-corrected chi connectivity index (χ2v) is 10.9. The molecule has 1 fully saturated rings. The van der Waals surface area contributed by atoms with Crippen LogP contribution in [0.2, 0.25) is 0 Å². The number of phenolic OH excluding ortho intramolecular Hbond substituents is 2. The van der Waals surface area contributed by atoms with Crippen molar-refractivity contribution < 1.29 is 24.5 Å². The maximum atomic E-state index is 13.4. The summed E-state index contributed by atoms with van der Waals surface area (Å²) < 4.78 is 5.98. The monoisotopic (exact) mass is 550 g/mol. The van der Waals surface area contributed by atoms with Gasteiger partial charge in [-0.15, -0.1) is 11.3 Å². The highest BCUT2D eigenvalue weighted by Crippen LogP contribution is 2.33. The van der Waals surface area contributed by atoms with Crippen molar-refractivity contribution in [1.29, 1.82) is 0 Å². The Balaban J connectivity index is 1.21. The number of phenols is 2. The van der Waals surface area contributed by atoms with E-state index in [-0.39, 0.29) is 28.4 Å². The highest BCUT2D eigenvalue weighted by Gasteiger charge is 2.29. The third-order valence-corrected chi connectivity index (χ3v) is 7.97. The third kappa shape index (κ3) is 6.35. The molecule has 2 aliphatic rings. The number of hydrogen-bond donors (Lipinski definition) is 4. The minimum atomic E-state index is -0.631. The molecule has 5 rings (SSSR count). The molecule has 1 saturated heterocycles. The predicted octanol–water partition coefficient (Wildman–Crippen LogP) is 3.67. The van der Waals surface area contributed by atoms with E-state index >= 15 is 0 Å². The number of rotatable bonds is 10. The number of fused-ring (bicyclic) bond motifs is 1. The Morgan fingerprint density at radius 3 is 2.59 bits per heavy atom. The number of amides is 1. The lowest BCUT2D eigenvalue weighted by Crippen LogP contribution is -2.43. The lowest BCUT2D eigenvalue weighted by molar-refractivity contribution is 0.0748. The van der Waals surface area contributed by atoms with Gasteiger partial charge < -0.3 is 35.4 Å². The number of Topliss-reactive ketones (excluding diaryl/α,β-unsaturated/α-hetero) is 1. The largest absolute Gasteiger partial charge is 0.507 e. The molecule has 206 valence electrons. The van der Waals surface area contributed by atoms with Gasteiger partial charge in [0.25, 0.3) is 5.91 Å². The van der Waals surface area contributed by atoms with Crippen molar-refractivity contribution in [2.45, 2.75) is 32.5 Å². The number of thiophene rings is 1. The molecule has 0 saturated carbocycles. The summed E-state index contributed by atoms with van der Waals surface area (Å²) in [5.74, 6) is -0.737. The molecule has 3 aromatic rings. The Labute approximate surface area is 232 Å². The van der Waals surface area contributed by atoms with Gasteiger partial charge in [0.2, 0.25) is 0 Å². The zero-order valence-electron chi connectivity index (χ0n) is 22.0. The molecular weight excluding hydrogens is 516 g/mol. The SMILES string of the molecule is CC(Nc1cccs1)C(=O)c1cc(C(=O)N2Cc3ccc(OCCCN4CCNCC4)cc3C2)c(O)cc1O. The highest BCUT2D eigenvalue weighted by molar-refractivity contribution is 7.14. The van der Waals surface area contributed by atoms with Gasteiger partial charge in [0.15, 0.2) is 5.78 Å². The maximum absolute atomic E-state index is 13.4. The number of ether oxygens (including phenoxy) is 1. The molecule has 1 unspecified atom stereocenters. The number of ketones is 1. The van der Waals surface area contributed by atoms with Crippen LogP contribution in [0.25, 0.3) is 0 Å². The molecule has 1 atom stereocenters. The first-order chi connectivity index (χ1) is 18.9. The summed E-state index contributed by atoms with van der Waals surface area (Å²) in [5.41, 5.74) is 1.98. The summed E-state index contributed by atoms with van der Waals surface area (Å²) >= 11 is 1.46. The Hall–Kier alpha value is -3.60. The fourth-order valence-electron chi connectivity index (χ4n) is 5.01. The van der Waals surface area contributed by atoms with Crippen molar-refractivity contribution in [3.63, 3.8) is 0 Å². The Morgan fingerprint density at radius 2 is 1.82 bits per heavy atom.